The fourth-order valence-corrected chi connectivity index (χ4v) is 4.31. The number of nitrogens with zero attached hydrogens (tertiary/aromatic N) is 4. The predicted octanol–water partition coefficient (Wildman–Crippen LogP) is 3.86. The van der Waals surface area contributed by atoms with E-state index in [0.717, 1.165) is 48.7 Å². The van der Waals surface area contributed by atoms with E-state index in [4.69, 9.17) is 11.6 Å². The van der Waals surface area contributed by atoms with Gasteiger partial charge in [0.15, 0.2) is 0 Å². The second-order valence-electron chi connectivity index (χ2n) is 6.83. The van der Waals surface area contributed by atoms with Crippen LogP contribution < -0.4 is 5.32 Å². The van der Waals surface area contributed by atoms with E-state index >= 15 is 0 Å². The van der Waals surface area contributed by atoms with Gasteiger partial charge in [0.2, 0.25) is 0 Å². The molecule has 0 bridgehead atoms. The van der Waals surface area contributed by atoms with Crippen LogP contribution in [0.3, 0.4) is 0 Å². The van der Waals surface area contributed by atoms with Crippen LogP contribution in [0.1, 0.15) is 30.3 Å². The lowest BCUT2D eigenvalue weighted by molar-refractivity contribution is 0.0687. The van der Waals surface area contributed by atoms with Gasteiger partial charge >= 0.3 is 0 Å². The van der Waals surface area contributed by atoms with E-state index in [0.29, 0.717) is 10.7 Å². The van der Waals surface area contributed by atoms with Gasteiger partial charge in [-0.05, 0) is 43.7 Å². The van der Waals surface area contributed by atoms with Crippen molar-refractivity contribution in [3.8, 4) is 16.3 Å². The van der Waals surface area contributed by atoms with Gasteiger partial charge in [-0.2, -0.15) is 5.10 Å². The topological polar surface area (TPSA) is 63.1 Å². The first-order valence-corrected chi connectivity index (χ1v) is 10.7. The highest BCUT2D eigenvalue weighted by atomic mass is 35.5. The molecule has 1 saturated heterocycles. The van der Waals surface area contributed by atoms with Crippen LogP contribution in [0.4, 0.5) is 0 Å². The summed E-state index contributed by atoms with van der Waals surface area (Å²) in [6.07, 6.45) is 5.62. The van der Waals surface area contributed by atoms with Gasteiger partial charge in [-0.25, -0.2) is 9.67 Å². The number of hydrogen-bond donors (Lipinski definition) is 1. The summed E-state index contributed by atoms with van der Waals surface area (Å²) in [5, 5.41) is 11.1. The molecule has 146 valence electrons. The molecule has 1 N–H and O–H groups in total. The maximum Gasteiger partial charge on any atom is 0.273 e. The third kappa shape index (κ3) is 3.97. The van der Waals surface area contributed by atoms with E-state index in [1.54, 1.807) is 10.9 Å². The second-order valence-corrected chi connectivity index (χ2v) is 8.13. The average molecular weight is 416 g/mol. The van der Waals surface area contributed by atoms with Crippen molar-refractivity contribution >= 4 is 28.8 Å². The number of halogens is 1. The van der Waals surface area contributed by atoms with Crippen molar-refractivity contribution in [1.82, 2.24) is 25.0 Å². The lowest BCUT2D eigenvalue weighted by Gasteiger charge is -2.27. The maximum atomic E-state index is 13.0. The molecule has 0 aliphatic carbocycles. The number of carbonyl (C=O) groups is 1. The Hall–Kier alpha value is -2.22. The summed E-state index contributed by atoms with van der Waals surface area (Å²) in [7, 11) is 0. The van der Waals surface area contributed by atoms with Gasteiger partial charge in [-0.3, -0.25) is 4.79 Å². The molecule has 28 heavy (non-hydrogen) atoms. The van der Waals surface area contributed by atoms with E-state index in [1.807, 2.05) is 40.7 Å². The van der Waals surface area contributed by atoms with Gasteiger partial charge in [0.05, 0.1) is 11.9 Å². The van der Waals surface area contributed by atoms with E-state index in [2.05, 4.69) is 22.3 Å². The summed E-state index contributed by atoms with van der Waals surface area (Å²) in [4.78, 5) is 19.6. The van der Waals surface area contributed by atoms with Crippen LogP contribution in [0.5, 0.6) is 0 Å². The number of rotatable bonds is 6. The third-order valence-corrected chi connectivity index (χ3v) is 5.99. The van der Waals surface area contributed by atoms with E-state index in [1.165, 1.54) is 11.3 Å². The Kier molecular flexibility index (Phi) is 5.75. The fourth-order valence-electron chi connectivity index (χ4n) is 3.42. The maximum absolute atomic E-state index is 13.0. The highest BCUT2D eigenvalue weighted by molar-refractivity contribution is 7.13. The van der Waals surface area contributed by atoms with Crippen molar-refractivity contribution < 1.29 is 4.79 Å². The normalized spacial score (nSPS) is 16.4. The standard InChI is InChI=1S/C20H22ClN5OS/c1-2-9-25(17-7-8-22-11-17)20(27)18-13-28-19(24-18)14-10-23-26(12-14)16-5-3-15(21)4-6-16/h3-6,10,12-13,17,22H,2,7-9,11H2,1H3/t17-/m0/s1. The molecule has 4 rings (SSSR count). The Morgan fingerprint density at radius 2 is 2.21 bits per heavy atom. The van der Waals surface area contributed by atoms with Crippen LogP contribution in [0, 0.1) is 0 Å². The van der Waals surface area contributed by atoms with Crippen molar-refractivity contribution in [2.75, 3.05) is 19.6 Å². The molecule has 1 fully saturated rings. The second kappa shape index (κ2) is 8.43. The van der Waals surface area contributed by atoms with Crippen LogP contribution in [0.15, 0.2) is 42.0 Å². The lowest BCUT2D eigenvalue weighted by Crippen LogP contribution is -2.42. The third-order valence-electron chi connectivity index (χ3n) is 4.84. The Morgan fingerprint density at radius 3 is 2.93 bits per heavy atom. The zero-order chi connectivity index (χ0) is 19.5. The first-order chi connectivity index (χ1) is 13.7. The molecule has 2 aromatic heterocycles. The number of hydrogen-bond acceptors (Lipinski definition) is 5. The summed E-state index contributed by atoms with van der Waals surface area (Å²) < 4.78 is 1.78. The highest BCUT2D eigenvalue weighted by Gasteiger charge is 2.28. The van der Waals surface area contributed by atoms with Gasteiger partial charge in [-0.15, -0.1) is 11.3 Å². The number of amides is 1. The minimum Gasteiger partial charge on any atom is -0.333 e. The van der Waals surface area contributed by atoms with Crippen molar-refractivity contribution in [2.24, 2.45) is 0 Å². The number of nitrogens with one attached hydrogen (secondary N) is 1. The molecule has 0 saturated carbocycles. The molecule has 1 aromatic carbocycles. The summed E-state index contributed by atoms with van der Waals surface area (Å²) in [6, 6.07) is 7.74. The van der Waals surface area contributed by atoms with E-state index in [9.17, 15) is 4.79 Å². The minimum absolute atomic E-state index is 0.0168. The van der Waals surface area contributed by atoms with Crippen molar-refractivity contribution in [1.29, 1.82) is 0 Å². The molecule has 1 atom stereocenters. The molecule has 1 amide bonds. The van der Waals surface area contributed by atoms with Gasteiger partial charge < -0.3 is 10.2 Å². The Balaban J connectivity index is 1.54. The van der Waals surface area contributed by atoms with E-state index < -0.39 is 0 Å². The number of carbonyl (C=O) groups excluding carboxylic acids is 1. The Labute approximate surface area is 173 Å². The van der Waals surface area contributed by atoms with Crippen molar-refractivity contribution in [3.63, 3.8) is 0 Å². The molecule has 6 nitrogen and oxygen atoms in total. The zero-order valence-corrected chi connectivity index (χ0v) is 17.2. The largest absolute Gasteiger partial charge is 0.333 e. The minimum atomic E-state index is 0.0168. The monoisotopic (exact) mass is 415 g/mol. The molecular weight excluding hydrogens is 394 g/mol. The molecule has 1 aliphatic rings. The van der Waals surface area contributed by atoms with Crippen molar-refractivity contribution in [3.05, 3.63) is 52.8 Å². The SMILES string of the molecule is CCCN(C(=O)c1csc(-c2cnn(-c3ccc(Cl)cc3)c2)n1)[C@H]1CCNC1. The fraction of sp³-hybridized carbons (Fsp3) is 0.350. The smallest absolute Gasteiger partial charge is 0.273 e. The Bertz CT molecular complexity index is 946. The number of thiazole rings is 1. The summed E-state index contributed by atoms with van der Waals surface area (Å²) in [5.41, 5.74) is 2.33. The molecular formula is C20H22ClN5OS. The molecule has 0 spiro atoms. The van der Waals surface area contributed by atoms with Gasteiger partial charge in [0.25, 0.3) is 5.91 Å². The van der Waals surface area contributed by atoms with Crippen LogP contribution >= 0.6 is 22.9 Å². The predicted molar refractivity (Wildman–Crippen MR) is 112 cm³/mol. The molecule has 3 heterocycles. The van der Waals surface area contributed by atoms with E-state index in [-0.39, 0.29) is 11.9 Å². The Morgan fingerprint density at radius 1 is 1.39 bits per heavy atom. The molecule has 1 aliphatic heterocycles. The van der Waals surface area contributed by atoms with Gasteiger partial charge in [0, 0.05) is 41.3 Å². The highest BCUT2D eigenvalue weighted by Crippen LogP contribution is 2.26. The summed E-state index contributed by atoms with van der Waals surface area (Å²) in [5.74, 6) is 0.0168. The molecule has 8 heteroatoms. The first-order valence-electron chi connectivity index (χ1n) is 9.44. The summed E-state index contributed by atoms with van der Waals surface area (Å²) in [6.45, 7) is 4.67. The summed E-state index contributed by atoms with van der Waals surface area (Å²) >= 11 is 7.42. The van der Waals surface area contributed by atoms with Gasteiger partial charge in [-0.1, -0.05) is 18.5 Å². The first kappa shape index (κ1) is 19.1. The average Bonchev–Trinajstić information content (AvgIpc) is 3.47. The van der Waals surface area contributed by atoms with Crippen LogP contribution in [-0.2, 0) is 0 Å². The number of benzene rings is 1. The molecule has 0 radical (unpaired) electrons. The van der Waals surface area contributed by atoms with Gasteiger partial charge in [0.1, 0.15) is 10.7 Å². The quantitative estimate of drug-likeness (QED) is 0.663. The lowest BCUT2D eigenvalue weighted by atomic mass is 10.2. The molecule has 0 unspecified atom stereocenters. The van der Waals surface area contributed by atoms with Crippen LogP contribution in [0.2, 0.25) is 5.02 Å². The van der Waals surface area contributed by atoms with Crippen molar-refractivity contribution in [2.45, 2.75) is 25.8 Å². The van der Waals surface area contributed by atoms with Crippen LogP contribution in [0.25, 0.3) is 16.3 Å². The van der Waals surface area contributed by atoms with Crippen LogP contribution in [-0.4, -0.2) is 51.2 Å². The zero-order valence-electron chi connectivity index (χ0n) is 15.6. The number of aromatic nitrogens is 3. The molecule has 3 aromatic rings.